The molecule has 1 fully saturated rings. The normalized spacial score (nSPS) is 15.8. The van der Waals surface area contributed by atoms with Crippen molar-refractivity contribution >= 4 is 11.5 Å². The maximum atomic E-state index is 8.70. The summed E-state index contributed by atoms with van der Waals surface area (Å²) >= 11 is 0. The zero-order chi connectivity index (χ0) is 12.1. The maximum Gasteiger partial charge on any atom is 0.150 e. The number of aliphatic hydroxyl groups is 1. The van der Waals surface area contributed by atoms with Gasteiger partial charge in [-0.25, -0.2) is 0 Å². The Morgan fingerprint density at radius 2 is 2.35 bits per heavy atom. The number of anilines is 2. The standard InChI is InChI=1S/C11H19N5O/c1-12-9-7-16(8-9)10-5-11(15-14-6-10)13-3-2-4-17/h5-6,9,12,17H,2-4,7-8H2,1H3,(H,13,15). The molecule has 0 atom stereocenters. The average molecular weight is 237 g/mol. The lowest BCUT2D eigenvalue weighted by molar-refractivity contribution is 0.292. The SMILES string of the molecule is CNC1CN(c2cnnc(NCCCO)c2)C1. The zero-order valence-corrected chi connectivity index (χ0v) is 10.1. The van der Waals surface area contributed by atoms with Crippen molar-refractivity contribution in [2.75, 3.05) is 43.5 Å². The summed E-state index contributed by atoms with van der Waals surface area (Å²) in [6.45, 7) is 2.93. The van der Waals surface area contributed by atoms with E-state index in [0.29, 0.717) is 12.6 Å². The summed E-state index contributed by atoms with van der Waals surface area (Å²) in [5.41, 5.74) is 1.10. The molecule has 0 aliphatic carbocycles. The van der Waals surface area contributed by atoms with Gasteiger partial charge in [0.2, 0.25) is 0 Å². The molecule has 1 aromatic heterocycles. The summed E-state index contributed by atoms with van der Waals surface area (Å²) in [4.78, 5) is 2.26. The third-order valence-electron chi connectivity index (χ3n) is 2.94. The van der Waals surface area contributed by atoms with Gasteiger partial charge in [-0.2, -0.15) is 5.10 Å². The molecule has 0 radical (unpaired) electrons. The average Bonchev–Trinajstić information content (AvgIpc) is 2.29. The molecule has 0 unspecified atom stereocenters. The highest BCUT2D eigenvalue weighted by molar-refractivity contribution is 5.54. The van der Waals surface area contributed by atoms with Crippen LogP contribution in [0.15, 0.2) is 12.3 Å². The van der Waals surface area contributed by atoms with Crippen molar-refractivity contribution in [2.24, 2.45) is 0 Å². The molecule has 94 valence electrons. The van der Waals surface area contributed by atoms with E-state index in [4.69, 9.17) is 5.11 Å². The predicted molar refractivity (Wildman–Crippen MR) is 67.3 cm³/mol. The van der Waals surface area contributed by atoms with E-state index in [1.54, 1.807) is 6.20 Å². The van der Waals surface area contributed by atoms with E-state index >= 15 is 0 Å². The third kappa shape index (κ3) is 3.04. The van der Waals surface area contributed by atoms with Gasteiger partial charge in [-0.3, -0.25) is 0 Å². The number of nitrogens with one attached hydrogen (secondary N) is 2. The lowest BCUT2D eigenvalue weighted by Gasteiger charge is -2.40. The number of hydrogen-bond donors (Lipinski definition) is 3. The van der Waals surface area contributed by atoms with E-state index in [0.717, 1.165) is 31.0 Å². The topological polar surface area (TPSA) is 73.3 Å². The molecule has 6 heteroatoms. The van der Waals surface area contributed by atoms with E-state index in [9.17, 15) is 0 Å². The van der Waals surface area contributed by atoms with Gasteiger partial charge < -0.3 is 20.6 Å². The predicted octanol–water partition coefficient (Wildman–Crippen LogP) is -0.321. The molecule has 1 aliphatic heterocycles. The lowest BCUT2D eigenvalue weighted by Crippen LogP contribution is -2.57. The molecule has 2 rings (SSSR count). The zero-order valence-electron chi connectivity index (χ0n) is 10.1. The highest BCUT2D eigenvalue weighted by atomic mass is 16.3. The van der Waals surface area contributed by atoms with Gasteiger partial charge in [-0.05, 0) is 13.5 Å². The number of hydrogen-bond acceptors (Lipinski definition) is 6. The second kappa shape index (κ2) is 5.79. The first-order valence-electron chi connectivity index (χ1n) is 5.93. The van der Waals surface area contributed by atoms with Crippen LogP contribution in [0.4, 0.5) is 11.5 Å². The summed E-state index contributed by atoms with van der Waals surface area (Å²) in [6, 6.07) is 2.57. The molecule has 17 heavy (non-hydrogen) atoms. The molecule has 0 saturated carbocycles. The first kappa shape index (κ1) is 12.1. The Labute approximate surface area is 101 Å². The Bertz CT molecular complexity index is 353. The molecule has 0 bridgehead atoms. The molecular weight excluding hydrogens is 218 g/mol. The Kier molecular flexibility index (Phi) is 4.11. The van der Waals surface area contributed by atoms with Crippen LogP contribution >= 0.6 is 0 Å². The number of nitrogens with zero attached hydrogens (tertiary/aromatic N) is 3. The van der Waals surface area contributed by atoms with Crippen molar-refractivity contribution in [1.82, 2.24) is 15.5 Å². The monoisotopic (exact) mass is 237 g/mol. The third-order valence-corrected chi connectivity index (χ3v) is 2.94. The molecular formula is C11H19N5O. The largest absolute Gasteiger partial charge is 0.396 e. The van der Waals surface area contributed by atoms with Crippen LogP contribution in [0.1, 0.15) is 6.42 Å². The smallest absolute Gasteiger partial charge is 0.150 e. The van der Waals surface area contributed by atoms with Crippen molar-refractivity contribution in [3.63, 3.8) is 0 Å². The van der Waals surface area contributed by atoms with Crippen LogP contribution in [0.25, 0.3) is 0 Å². The highest BCUT2D eigenvalue weighted by Gasteiger charge is 2.25. The Balaban J connectivity index is 1.88. The van der Waals surface area contributed by atoms with Crippen LogP contribution in [0.3, 0.4) is 0 Å². The van der Waals surface area contributed by atoms with Crippen LogP contribution in [-0.2, 0) is 0 Å². The lowest BCUT2D eigenvalue weighted by atomic mass is 10.1. The van der Waals surface area contributed by atoms with E-state index in [1.807, 2.05) is 13.1 Å². The minimum Gasteiger partial charge on any atom is -0.396 e. The summed E-state index contributed by atoms with van der Waals surface area (Å²) in [5, 5.41) is 23.1. The van der Waals surface area contributed by atoms with Crippen LogP contribution < -0.4 is 15.5 Å². The maximum absolute atomic E-state index is 8.70. The van der Waals surface area contributed by atoms with Crippen LogP contribution in [-0.4, -0.2) is 54.6 Å². The first-order valence-corrected chi connectivity index (χ1v) is 5.93. The van der Waals surface area contributed by atoms with E-state index < -0.39 is 0 Å². The van der Waals surface area contributed by atoms with E-state index in [-0.39, 0.29) is 6.61 Å². The van der Waals surface area contributed by atoms with E-state index in [2.05, 4.69) is 25.7 Å². The van der Waals surface area contributed by atoms with Crippen molar-refractivity contribution in [2.45, 2.75) is 12.5 Å². The highest BCUT2D eigenvalue weighted by Crippen LogP contribution is 2.21. The second-order valence-electron chi connectivity index (χ2n) is 4.19. The summed E-state index contributed by atoms with van der Waals surface area (Å²) in [6.07, 6.45) is 2.50. The number of likely N-dealkylation sites (N-methyl/N-ethyl adjacent to an activating group) is 1. The Hall–Kier alpha value is -1.40. The molecule has 2 heterocycles. The Morgan fingerprint density at radius 3 is 3.06 bits per heavy atom. The first-order chi connectivity index (χ1) is 8.33. The van der Waals surface area contributed by atoms with Gasteiger partial charge in [-0.15, -0.1) is 5.10 Å². The second-order valence-corrected chi connectivity index (χ2v) is 4.19. The van der Waals surface area contributed by atoms with Gasteiger partial charge in [0.1, 0.15) is 0 Å². The van der Waals surface area contributed by atoms with Crippen molar-refractivity contribution in [1.29, 1.82) is 0 Å². The van der Waals surface area contributed by atoms with Crippen LogP contribution in [0.5, 0.6) is 0 Å². The van der Waals surface area contributed by atoms with Crippen molar-refractivity contribution in [3.05, 3.63) is 12.3 Å². The van der Waals surface area contributed by atoms with Crippen molar-refractivity contribution < 1.29 is 5.11 Å². The molecule has 1 saturated heterocycles. The van der Waals surface area contributed by atoms with Gasteiger partial charge in [0.25, 0.3) is 0 Å². The minimum absolute atomic E-state index is 0.191. The summed E-state index contributed by atoms with van der Waals surface area (Å²) < 4.78 is 0. The summed E-state index contributed by atoms with van der Waals surface area (Å²) in [7, 11) is 1.98. The quantitative estimate of drug-likeness (QED) is 0.589. The molecule has 0 amide bonds. The van der Waals surface area contributed by atoms with Crippen LogP contribution in [0.2, 0.25) is 0 Å². The molecule has 3 N–H and O–H groups in total. The fourth-order valence-electron chi connectivity index (χ4n) is 1.78. The number of aromatic nitrogens is 2. The minimum atomic E-state index is 0.191. The molecule has 1 aliphatic rings. The molecule has 0 aromatic carbocycles. The van der Waals surface area contributed by atoms with Gasteiger partial charge >= 0.3 is 0 Å². The van der Waals surface area contributed by atoms with Gasteiger partial charge in [0.05, 0.1) is 11.9 Å². The fraction of sp³-hybridized carbons (Fsp3) is 0.636. The number of aliphatic hydroxyl groups excluding tert-OH is 1. The van der Waals surface area contributed by atoms with Crippen LogP contribution in [0, 0.1) is 0 Å². The molecule has 6 nitrogen and oxygen atoms in total. The summed E-state index contributed by atoms with van der Waals surface area (Å²) in [5.74, 6) is 0.767. The molecule has 0 spiro atoms. The van der Waals surface area contributed by atoms with Gasteiger partial charge in [0.15, 0.2) is 5.82 Å². The fourth-order valence-corrected chi connectivity index (χ4v) is 1.78. The number of rotatable bonds is 6. The van der Waals surface area contributed by atoms with Gasteiger partial charge in [-0.1, -0.05) is 0 Å². The van der Waals surface area contributed by atoms with Gasteiger partial charge in [0, 0.05) is 38.3 Å². The molecule has 1 aromatic rings. The van der Waals surface area contributed by atoms with E-state index in [1.165, 1.54) is 0 Å². The van der Waals surface area contributed by atoms with Crippen molar-refractivity contribution in [3.8, 4) is 0 Å². The Morgan fingerprint density at radius 1 is 1.53 bits per heavy atom.